The zero-order valence-corrected chi connectivity index (χ0v) is 13.7. The van der Waals surface area contributed by atoms with Crippen molar-refractivity contribution in [2.24, 2.45) is 5.92 Å². The van der Waals surface area contributed by atoms with Gasteiger partial charge in [-0.1, -0.05) is 45.6 Å². The van der Waals surface area contributed by atoms with Crippen LogP contribution in [0.15, 0.2) is 9.66 Å². The van der Waals surface area contributed by atoms with Crippen LogP contribution in [0.3, 0.4) is 0 Å². The number of rotatable bonds is 8. The molecule has 1 heterocycles. The van der Waals surface area contributed by atoms with E-state index in [-0.39, 0.29) is 12.1 Å². The van der Waals surface area contributed by atoms with Gasteiger partial charge >= 0.3 is 5.97 Å². The Bertz CT molecular complexity index is 286. The highest BCUT2D eigenvalue weighted by atomic mass is 127. The minimum atomic E-state index is -0.0213. The van der Waals surface area contributed by atoms with Crippen molar-refractivity contribution in [1.82, 2.24) is 0 Å². The summed E-state index contributed by atoms with van der Waals surface area (Å²) in [6.07, 6.45) is 11.4. The second-order valence-electron chi connectivity index (χ2n) is 5.10. The van der Waals surface area contributed by atoms with Crippen LogP contribution in [-0.2, 0) is 9.53 Å². The van der Waals surface area contributed by atoms with Crippen molar-refractivity contribution in [1.29, 1.82) is 0 Å². The molecule has 0 radical (unpaired) electrons. The van der Waals surface area contributed by atoms with Crippen molar-refractivity contribution >= 4 is 28.6 Å². The quantitative estimate of drug-likeness (QED) is 0.344. The van der Waals surface area contributed by atoms with Crippen molar-refractivity contribution < 1.29 is 9.53 Å². The molecule has 1 aliphatic heterocycles. The maximum atomic E-state index is 11.4. The fourth-order valence-corrected chi connectivity index (χ4v) is 3.39. The molecule has 0 spiro atoms. The van der Waals surface area contributed by atoms with E-state index in [0.29, 0.717) is 12.3 Å². The van der Waals surface area contributed by atoms with Gasteiger partial charge < -0.3 is 4.74 Å². The highest BCUT2D eigenvalue weighted by molar-refractivity contribution is 14.1. The number of esters is 1. The lowest BCUT2D eigenvalue weighted by Gasteiger charge is -2.16. The second-order valence-corrected chi connectivity index (χ2v) is 6.35. The van der Waals surface area contributed by atoms with Crippen LogP contribution in [0.5, 0.6) is 0 Å². The average Bonchev–Trinajstić information content (AvgIpc) is 2.70. The summed E-state index contributed by atoms with van der Waals surface area (Å²) in [5, 5.41) is 0. The number of hydrogen-bond donors (Lipinski definition) is 0. The lowest BCUT2D eigenvalue weighted by Crippen LogP contribution is -2.16. The zero-order chi connectivity index (χ0) is 13.4. The molecule has 3 heteroatoms. The Morgan fingerprint density at radius 2 is 2.11 bits per heavy atom. The number of unbranched alkanes of at least 4 members (excludes halogenated alkanes) is 4. The Balaban J connectivity index is 2.40. The Morgan fingerprint density at radius 3 is 2.78 bits per heavy atom. The maximum absolute atomic E-state index is 11.4. The number of halogens is 1. The van der Waals surface area contributed by atoms with Gasteiger partial charge in [0.25, 0.3) is 0 Å². The molecule has 0 N–H and O–H groups in total. The molecule has 1 rings (SSSR count). The third-order valence-corrected chi connectivity index (χ3v) is 4.50. The smallest absolute Gasteiger partial charge is 0.306 e. The molecule has 0 bridgehead atoms. The zero-order valence-electron chi connectivity index (χ0n) is 11.6. The molecule has 0 amide bonds. The van der Waals surface area contributed by atoms with E-state index in [1.54, 1.807) is 0 Å². The topological polar surface area (TPSA) is 26.3 Å². The first-order valence-electron chi connectivity index (χ1n) is 7.24. The van der Waals surface area contributed by atoms with E-state index in [2.05, 4.69) is 42.5 Å². The predicted molar refractivity (Wildman–Crippen MR) is 83.8 cm³/mol. The van der Waals surface area contributed by atoms with E-state index in [0.717, 1.165) is 19.3 Å². The number of allylic oxidation sites excluding steroid dienone is 1. The van der Waals surface area contributed by atoms with Gasteiger partial charge in [-0.2, -0.15) is 0 Å². The van der Waals surface area contributed by atoms with E-state index in [4.69, 9.17) is 4.74 Å². The number of carbonyl (C=O) groups excluding carboxylic acids is 1. The molecule has 1 aliphatic rings. The van der Waals surface area contributed by atoms with Gasteiger partial charge in [-0.3, -0.25) is 4.79 Å². The third kappa shape index (κ3) is 5.29. The lowest BCUT2D eigenvalue weighted by atomic mass is 9.95. The molecule has 1 saturated heterocycles. The number of hydrogen-bond acceptors (Lipinski definition) is 2. The molecule has 0 aromatic carbocycles. The van der Waals surface area contributed by atoms with E-state index in [9.17, 15) is 4.79 Å². The first-order valence-corrected chi connectivity index (χ1v) is 8.31. The van der Waals surface area contributed by atoms with Gasteiger partial charge in [0, 0.05) is 9.50 Å². The molecule has 104 valence electrons. The summed E-state index contributed by atoms with van der Waals surface area (Å²) in [4.78, 5) is 11.4. The summed E-state index contributed by atoms with van der Waals surface area (Å²) in [5.41, 5.74) is 0. The summed E-state index contributed by atoms with van der Waals surface area (Å²) >= 11 is 2.35. The van der Waals surface area contributed by atoms with E-state index in [1.165, 1.54) is 29.3 Å². The molecule has 1 fully saturated rings. The predicted octanol–water partition coefficient (Wildman–Crippen LogP) is 5.01. The van der Waals surface area contributed by atoms with Gasteiger partial charge in [0.1, 0.15) is 6.10 Å². The van der Waals surface area contributed by atoms with Gasteiger partial charge in [0.05, 0.1) is 6.42 Å². The minimum absolute atomic E-state index is 0.0213. The number of carbonyl (C=O) groups is 1. The van der Waals surface area contributed by atoms with Gasteiger partial charge in [0.15, 0.2) is 0 Å². The SMILES string of the molecule is CCCCCC/C=C(\I)[C@@H]1OC(=O)C[C@H]1CCC. The van der Waals surface area contributed by atoms with E-state index in [1.807, 2.05) is 0 Å². The van der Waals surface area contributed by atoms with Gasteiger partial charge in [-0.05, 0) is 41.9 Å². The summed E-state index contributed by atoms with van der Waals surface area (Å²) < 4.78 is 6.68. The Kier molecular flexibility index (Phi) is 7.95. The molecule has 0 saturated carbocycles. The van der Waals surface area contributed by atoms with Crippen LogP contribution in [0.2, 0.25) is 0 Å². The third-order valence-electron chi connectivity index (χ3n) is 3.44. The summed E-state index contributed by atoms with van der Waals surface area (Å²) in [7, 11) is 0. The highest BCUT2D eigenvalue weighted by Gasteiger charge is 2.35. The molecule has 2 nitrogen and oxygen atoms in total. The molecule has 18 heavy (non-hydrogen) atoms. The van der Waals surface area contributed by atoms with Gasteiger partial charge in [0.2, 0.25) is 0 Å². The summed E-state index contributed by atoms with van der Waals surface area (Å²) in [6, 6.07) is 0. The van der Waals surface area contributed by atoms with Crippen LogP contribution in [0.25, 0.3) is 0 Å². The Labute approximate surface area is 125 Å². The lowest BCUT2D eigenvalue weighted by molar-refractivity contribution is -0.140. The van der Waals surface area contributed by atoms with Crippen LogP contribution in [-0.4, -0.2) is 12.1 Å². The Hall–Kier alpha value is -0.0600. The molecule has 0 aromatic rings. The van der Waals surface area contributed by atoms with Crippen LogP contribution in [0.4, 0.5) is 0 Å². The molecular formula is C15H25IO2. The van der Waals surface area contributed by atoms with Crippen LogP contribution in [0.1, 0.15) is 65.2 Å². The fourth-order valence-electron chi connectivity index (χ4n) is 2.44. The standard InChI is InChI=1S/C15H25IO2/c1-3-5-6-7-8-10-13(16)15-12(9-4-2)11-14(17)18-15/h10,12,15H,3-9,11H2,1-2H3/b13-10-/t12-,15-/m1/s1. The molecule has 0 unspecified atom stereocenters. The molecule has 2 atom stereocenters. The summed E-state index contributed by atoms with van der Waals surface area (Å²) in [6.45, 7) is 4.40. The van der Waals surface area contributed by atoms with Crippen molar-refractivity contribution in [2.45, 2.75) is 71.3 Å². The highest BCUT2D eigenvalue weighted by Crippen LogP contribution is 2.34. The summed E-state index contributed by atoms with van der Waals surface area (Å²) in [5.74, 6) is 0.383. The molecular weight excluding hydrogens is 339 g/mol. The molecule has 0 aromatic heterocycles. The Morgan fingerprint density at radius 1 is 1.33 bits per heavy atom. The first kappa shape index (κ1) is 16.0. The van der Waals surface area contributed by atoms with E-state index < -0.39 is 0 Å². The van der Waals surface area contributed by atoms with Crippen LogP contribution in [0, 0.1) is 5.92 Å². The van der Waals surface area contributed by atoms with Crippen molar-refractivity contribution in [3.05, 3.63) is 9.66 Å². The van der Waals surface area contributed by atoms with Crippen molar-refractivity contribution in [3.63, 3.8) is 0 Å². The minimum Gasteiger partial charge on any atom is -0.457 e. The number of ether oxygens (including phenoxy) is 1. The average molecular weight is 364 g/mol. The largest absolute Gasteiger partial charge is 0.457 e. The van der Waals surface area contributed by atoms with Gasteiger partial charge in [-0.25, -0.2) is 0 Å². The van der Waals surface area contributed by atoms with Crippen LogP contribution >= 0.6 is 22.6 Å². The van der Waals surface area contributed by atoms with Crippen molar-refractivity contribution in [2.75, 3.05) is 0 Å². The number of cyclic esters (lactones) is 1. The first-order chi connectivity index (χ1) is 8.69. The van der Waals surface area contributed by atoms with Crippen LogP contribution < -0.4 is 0 Å². The maximum Gasteiger partial charge on any atom is 0.306 e. The second kappa shape index (κ2) is 8.94. The molecule has 0 aliphatic carbocycles. The van der Waals surface area contributed by atoms with Gasteiger partial charge in [-0.15, -0.1) is 0 Å². The normalized spacial score (nSPS) is 24.4. The van der Waals surface area contributed by atoms with Crippen molar-refractivity contribution in [3.8, 4) is 0 Å². The monoisotopic (exact) mass is 364 g/mol. The van der Waals surface area contributed by atoms with E-state index >= 15 is 0 Å². The fraction of sp³-hybridized carbons (Fsp3) is 0.800.